The van der Waals surface area contributed by atoms with Crippen molar-refractivity contribution in [3.05, 3.63) is 97.1 Å². The Morgan fingerprint density at radius 2 is 1.86 bits per heavy atom. The van der Waals surface area contributed by atoms with Crippen molar-refractivity contribution in [2.75, 3.05) is 4.90 Å². The lowest BCUT2D eigenvalue weighted by atomic mass is 10.2. The SMILES string of the molecule is C=C/C=C(/N)C(=C)N(Cc1ccccn1)c1ccccc1. The Morgan fingerprint density at radius 3 is 2.48 bits per heavy atom. The summed E-state index contributed by atoms with van der Waals surface area (Å²) in [5, 5.41) is 0. The standard InChI is InChI=1S/C18H19N3/c1-3-9-18(19)15(2)21(17-11-5-4-6-12-17)14-16-10-7-8-13-20-16/h3-13H,1-2,14,19H2/b18-9+. The zero-order chi connectivity index (χ0) is 15.1. The third-order valence-corrected chi connectivity index (χ3v) is 3.07. The topological polar surface area (TPSA) is 42.1 Å². The molecule has 0 unspecified atom stereocenters. The summed E-state index contributed by atoms with van der Waals surface area (Å²) < 4.78 is 0. The van der Waals surface area contributed by atoms with Crippen molar-refractivity contribution in [3.8, 4) is 0 Å². The molecule has 0 saturated heterocycles. The summed E-state index contributed by atoms with van der Waals surface area (Å²) in [5.74, 6) is 0. The van der Waals surface area contributed by atoms with Crippen molar-refractivity contribution in [3.63, 3.8) is 0 Å². The van der Waals surface area contributed by atoms with Gasteiger partial charge in [0.15, 0.2) is 0 Å². The van der Waals surface area contributed by atoms with Crippen molar-refractivity contribution in [1.82, 2.24) is 4.98 Å². The third kappa shape index (κ3) is 3.83. The van der Waals surface area contributed by atoms with Gasteiger partial charge >= 0.3 is 0 Å². The molecule has 1 aromatic heterocycles. The van der Waals surface area contributed by atoms with Gasteiger partial charge in [0.25, 0.3) is 0 Å². The van der Waals surface area contributed by atoms with E-state index in [2.05, 4.69) is 18.1 Å². The van der Waals surface area contributed by atoms with E-state index in [1.807, 2.05) is 53.4 Å². The Morgan fingerprint density at radius 1 is 1.14 bits per heavy atom. The van der Waals surface area contributed by atoms with Crippen LogP contribution in [0.2, 0.25) is 0 Å². The number of nitrogens with two attached hydrogens (primary N) is 1. The van der Waals surface area contributed by atoms with Gasteiger partial charge in [-0.05, 0) is 30.3 Å². The van der Waals surface area contributed by atoms with Gasteiger partial charge in [-0.15, -0.1) is 0 Å². The van der Waals surface area contributed by atoms with E-state index >= 15 is 0 Å². The van der Waals surface area contributed by atoms with Crippen LogP contribution in [0.3, 0.4) is 0 Å². The number of allylic oxidation sites excluding steroid dienone is 2. The summed E-state index contributed by atoms with van der Waals surface area (Å²) in [5.41, 5.74) is 9.34. The molecular formula is C18H19N3. The van der Waals surface area contributed by atoms with E-state index in [4.69, 9.17) is 5.73 Å². The first kappa shape index (κ1) is 14.6. The summed E-state index contributed by atoms with van der Waals surface area (Å²) in [7, 11) is 0. The Kier molecular flexibility index (Phi) is 4.94. The largest absolute Gasteiger partial charge is 0.397 e. The van der Waals surface area contributed by atoms with Crippen molar-refractivity contribution in [2.45, 2.75) is 6.54 Å². The van der Waals surface area contributed by atoms with E-state index in [0.29, 0.717) is 12.2 Å². The second-order valence-electron chi connectivity index (χ2n) is 4.55. The van der Waals surface area contributed by atoms with E-state index in [1.54, 1.807) is 18.3 Å². The van der Waals surface area contributed by atoms with Gasteiger partial charge in [0.05, 0.1) is 23.6 Å². The van der Waals surface area contributed by atoms with Crippen LogP contribution >= 0.6 is 0 Å². The lowest BCUT2D eigenvalue weighted by Crippen LogP contribution is -2.25. The highest BCUT2D eigenvalue weighted by Crippen LogP contribution is 2.22. The zero-order valence-corrected chi connectivity index (χ0v) is 11.9. The number of nitrogens with zero attached hydrogens (tertiary/aromatic N) is 2. The Balaban J connectivity index is 2.33. The highest BCUT2D eigenvalue weighted by atomic mass is 15.2. The van der Waals surface area contributed by atoms with Crippen LogP contribution in [0.4, 0.5) is 5.69 Å². The van der Waals surface area contributed by atoms with E-state index < -0.39 is 0 Å². The predicted molar refractivity (Wildman–Crippen MR) is 88.5 cm³/mol. The van der Waals surface area contributed by atoms with Crippen LogP contribution in [0.25, 0.3) is 0 Å². The quantitative estimate of drug-likeness (QED) is 0.820. The second-order valence-corrected chi connectivity index (χ2v) is 4.55. The van der Waals surface area contributed by atoms with Gasteiger partial charge in [-0.25, -0.2) is 0 Å². The molecule has 0 spiro atoms. The van der Waals surface area contributed by atoms with E-state index in [1.165, 1.54) is 0 Å². The fourth-order valence-corrected chi connectivity index (χ4v) is 1.98. The number of benzene rings is 1. The molecule has 0 fully saturated rings. The average molecular weight is 277 g/mol. The number of pyridine rings is 1. The first-order valence-electron chi connectivity index (χ1n) is 6.72. The smallest absolute Gasteiger partial charge is 0.0654 e. The molecule has 2 rings (SSSR count). The van der Waals surface area contributed by atoms with E-state index in [0.717, 1.165) is 17.1 Å². The number of hydrogen-bond donors (Lipinski definition) is 1. The Labute approximate surface area is 125 Å². The van der Waals surface area contributed by atoms with Crippen LogP contribution in [0.15, 0.2) is 91.4 Å². The normalized spacial score (nSPS) is 11.0. The second kappa shape index (κ2) is 7.10. The predicted octanol–water partition coefficient (Wildman–Crippen LogP) is 3.63. The highest BCUT2D eigenvalue weighted by Gasteiger charge is 2.13. The van der Waals surface area contributed by atoms with Gasteiger partial charge in [-0.1, -0.05) is 43.5 Å². The number of rotatable bonds is 6. The monoisotopic (exact) mass is 277 g/mol. The van der Waals surface area contributed by atoms with Gasteiger partial charge in [-0.3, -0.25) is 4.98 Å². The number of para-hydroxylation sites is 1. The maximum Gasteiger partial charge on any atom is 0.0654 e. The molecule has 1 heterocycles. The summed E-state index contributed by atoms with van der Waals surface area (Å²) >= 11 is 0. The molecule has 2 aromatic rings. The van der Waals surface area contributed by atoms with Crippen molar-refractivity contribution in [2.24, 2.45) is 5.73 Å². The van der Waals surface area contributed by atoms with Crippen molar-refractivity contribution < 1.29 is 0 Å². The number of anilines is 1. The first-order chi connectivity index (χ1) is 10.2. The van der Waals surface area contributed by atoms with Crippen molar-refractivity contribution in [1.29, 1.82) is 0 Å². The minimum Gasteiger partial charge on any atom is -0.397 e. The van der Waals surface area contributed by atoms with Crippen molar-refractivity contribution >= 4 is 5.69 Å². The molecule has 0 aliphatic heterocycles. The lowest BCUT2D eigenvalue weighted by Gasteiger charge is -2.26. The van der Waals surface area contributed by atoms with E-state index in [-0.39, 0.29) is 0 Å². The molecule has 2 N–H and O–H groups in total. The average Bonchev–Trinajstić information content (AvgIpc) is 2.54. The summed E-state index contributed by atoms with van der Waals surface area (Å²) in [4.78, 5) is 6.41. The Bertz CT molecular complexity index is 630. The number of hydrogen-bond acceptors (Lipinski definition) is 3. The molecule has 3 heteroatoms. The summed E-state index contributed by atoms with van der Waals surface area (Å²) in [6, 6.07) is 15.9. The minimum absolute atomic E-state index is 0.588. The van der Waals surface area contributed by atoms with Gasteiger partial charge in [-0.2, -0.15) is 0 Å². The molecule has 0 bridgehead atoms. The molecule has 1 aromatic carbocycles. The van der Waals surface area contributed by atoms with Gasteiger partial charge in [0.2, 0.25) is 0 Å². The molecule has 0 aliphatic rings. The fraction of sp³-hybridized carbons (Fsp3) is 0.0556. The summed E-state index contributed by atoms with van der Waals surface area (Å²) in [6.45, 7) is 8.38. The van der Waals surface area contributed by atoms with E-state index in [9.17, 15) is 0 Å². The van der Waals surface area contributed by atoms with Gasteiger partial charge < -0.3 is 10.6 Å². The number of aromatic nitrogens is 1. The van der Waals surface area contributed by atoms with Crippen LogP contribution in [0.5, 0.6) is 0 Å². The molecule has 106 valence electrons. The molecule has 0 amide bonds. The van der Waals surface area contributed by atoms with Crippen LogP contribution in [0, 0.1) is 0 Å². The zero-order valence-electron chi connectivity index (χ0n) is 11.9. The minimum atomic E-state index is 0.588. The molecule has 21 heavy (non-hydrogen) atoms. The lowest BCUT2D eigenvalue weighted by molar-refractivity contribution is 0.883. The van der Waals surface area contributed by atoms with Gasteiger partial charge in [0, 0.05) is 11.9 Å². The first-order valence-corrected chi connectivity index (χ1v) is 6.72. The third-order valence-electron chi connectivity index (χ3n) is 3.07. The van der Waals surface area contributed by atoms with Crippen LogP contribution in [-0.4, -0.2) is 4.98 Å². The molecule has 0 radical (unpaired) electrons. The molecular weight excluding hydrogens is 258 g/mol. The molecule has 0 aliphatic carbocycles. The van der Waals surface area contributed by atoms with Crippen LogP contribution in [0.1, 0.15) is 5.69 Å². The molecule has 0 saturated carbocycles. The maximum atomic E-state index is 6.05. The Hall–Kier alpha value is -2.81. The summed E-state index contributed by atoms with van der Waals surface area (Å²) in [6.07, 6.45) is 5.19. The molecule has 3 nitrogen and oxygen atoms in total. The van der Waals surface area contributed by atoms with Gasteiger partial charge in [0.1, 0.15) is 0 Å². The van der Waals surface area contributed by atoms with Crippen LogP contribution in [-0.2, 0) is 6.54 Å². The maximum absolute atomic E-state index is 6.05. The fourth-order valence-electron chi connectivity index (χ4n) is 1.98. The van der Waals surface area contributed by atoms with Crippen LogP contribution < -0.4 is 10.6 Å². The molecule has 0 atom stereocenters. The highest BCUT2D eigenvalue weighted by molar-refractivity contribution is 5.56.